The lowest BCUT2D eigenvalue weighted by atomic mass is 10.2. The Labute approximate surface area is 146 Å². The lowest BCUT2D eigenvalue weighted by Gasteiger charge is -2.15. The van der Waals surface area contributed by atoms with Crippen LogP contribution in [0.3, 0.4) is 0 Å². The number of non-ortho nitro benzene ring substituents is 2. The van der Waals surface area contributed by atoms with Crippen LogP contribution in [0.15, 0.2) is 42.5 Å². The van der Waals surface area contributed by atoms with Crippen molar-refractivity contribution in [3.05, 3.63) is 67.7 Å². The predicted molar refractivity (Wildman–Crippen MR) is 89.9 cm³/mol. The first kappa shape index (κ1) is 18.1. The fourth-order valence-electron chi connectivity index (χ4n) is 1.86. The van der Waals surface area contributed by atoms with E-state index in [9.17, 15) is 25.0 Å². The summed E-state index contributed by atoms with van der Waals surface area (Å²) < 4.78 is 5.40. The summed E-state index contributed by atoms with van der Waals surface area (Å²) in [7, 11) is 0. The van der Waals surface area contributed by atoms with Crippen LogP contribution in [0.1, 0.15) is 6.92 Å². The van der Waals surface area contributed by atoms with Gasteiger partial charge in [-0.15, -0.1) is 0 Å². The molecule has 0 bridgehead atoms. The highest BCUT2D eigenvalue weighted by atomic mass is 35.5. The zero-order valence-electron chi connectivity index (χ0n) is 12.8. The van der Waals surface area contributed by atoms with Crippen LogP contribution >= 0.6 is 11.6 Å². The lowest BCUT2D eigenvalue weighted by Crippen LogP contribution is -2.30. The summed E-state index contributed by atoms with van der Waals surface area (Å²) in [5.41, 5.74) is -0.0864. The molecule has 0 saturated carbocycles. The Morgan fingerprint density at radius 2 is 1.64 bits per heavy atom. The molecule has 9 nitrogen and oxygen atoms in total. The summed E-state index contributed by atoms with van der Waals surface area (Å²) in [4.78, 5) is 32.2. The minimum atomic E-state index is -0.923. The standard InChI is InChI=1S/C15H12ClN3O6/c1-9(25-12-5-2-10(3-6-12)18(21)22)15(20)17-14-7-4-11(19(23)24)8-13(14)16/h2-9H,1H3,(H,17,20). The van der Waals surface area contributed by atoms with E-state index in [0.29, 0.717) is 0 Å². The van der Waals surface area contributed by atoms with Crippen molar-refractivity contribution in [3.8, 4) is 5.75 Å². The van der Waals surface area contributed by atoms with Crippen LogP contribution in [0.25, 0.3) is 0 Å². The van der Waals surface area contributed by atoms with E-state index in [0.717, 1.165) is 6.07 Å². The Bertz CT molecular complexity index is 825. The molecule has 2 rings (SSSR count). The number of anilines is 1. The van der Waals surface area contributed by atoms with Crippen molar-refractivity contribution >= 4 is 34.6 Å². The summed E-state index contributed by atoms with van der Waals surface area (Å²) in [5, 5.41) is 23.8. The number of hydrogen-bond acceptors (Lipinski definition) is 6. The Morgan fingerprint density at radius 1 is 1.08 bits per heavy atom. The van der Waals surface area contributed by atoms with Gasteiger partial charge in [-0.3, -0.25) is 25.0 Å². The average Bonchev–Trinajstić information content (AvgIpc) is 2.56. The Kier molecular flexibility index (Phi) is 5.50. The number of amides is 1. The Balaban J connectivity index is 2.02. The average molecular weight is 366 g/mol. The monoisotopic (exact) mass is 365 g/mol. The molecule has 1 unspecified atom stereocenters. The number of halogens is 1. The lowest BCUT2D eigenvalue weighted by molar-refractivity contribution is -0.385. The number of carbonyl (C=O) groups is 1. The predicted octanol–water partition coefficient (Wildman–Crippen LogP) is 3.56. The Morgan fingerprint density at radius 3 is 2.16 bits per heavy atom. The van der Waals surface area contributed by atoms with Crippen molar-refractivity contribution < 1.29 is 19.4 Å². The van der Waals surface area contributed by atoms with Gasteiger partial charge in [-0.25, -0.2) is 0 Å². The highest BCUT2D eigenvalue weighted by Gasteiger charge is 2.18. The van der Waals surface area contributed by atoms with Gasteiger partial charge in [-0.05, 0) is 25.1 Å². The SMILES string of the molecule is CC(Oc1ccc([N+](=O)[O-])cc1)C(=O)Nc1ccc([N+](=O)[O-])cc1Cl. The number of hydrogen-bond donors (Lipinski definition) is 1. The van der Waals surface area contributed by atoms with Gasteiger partial charge in [0.1, 0.15) is 5.75 Å². The van der Waals surface area contributed by atoms with Crippen molar-refractivity contribution in [1.82, 2.24) is 0 Å². The summed E-state index contributed by atoms with van der Waals surface area (Å²) in [6.07, 6.45) is -0.923. The van der Waals surface area contributed by atoms with E-state index in [1.165, 1.54) is 43.3 Å². The van der Waals surface area contributed by atoms with Gasteiger partial charge in [0.2, 0.25) is 0 Å². The van der Waals surface area contributed by atoms with Gasteiger partial charge in [-0.2, -0.15) is 0 Å². The molecular formula is C15H12ClN3O6. The van der Waals surface area contributed by atoms with Gasteiger partial charge in [0.25, 0.3) is 17.3 Å². The van der Waals surface area contributed by atoms with Gasteiger partial charge in [0.15, 0.2) is 6.10 Å². The molecule has 0 heterocycles. The smallest absolute Gasteiger partial charge is 0.271 e. The maximum atomic E-state index is 12.1. The quantitative estimate of drug-likeness (QED) is 0.616. The number of carbonyl (C=O) groups excluding carboxylic acids is 1. The summed E-state index contributed by atoms with van der Waals surface area (Å²) in [5.74, 6) is -0.253. The van der Waals surface area contributed by atoms with Gasteiger partial charge in [0, 0.05) is 24.3 Å². The number of nitrogens with one attached hydrogen (secondary N) is 1. The van der Waals surface area contributed by atoms with Crippen molar-refractivity contribution in [2.24, 2.45) is 0 Å². The maximum Gasteiger partial charge on any atom is 0.271 e. The van der Waals surface area contributed by atoms with Gasteiger partial charge in [-0.1, -0.05) is 11.6 Å². The molecule has 0 aliphatic heterocycles. The van der Waals surface area contributed by atoms with Crippen LogP contribution in [0, 0.1) is 20.2 Å². The second kappa shape index (κ2) is 7.58. The molecule has 0 aromatic heterocycles. The summed E-state index contributed by atoms with van der Waals surface area (Å²) in [6, 6.07) is 8.92. The highest BCUT2D eigenvalue weighted by molar-refractivity contribution is 6.34. The number of nitro benzene ring substituents is 2. The molecule has 0 fully saturated rings. The minimum absolute atomic E-state index is 0.0186. The molecule has 10 heteroatoms. The third kappa shape index (κ3) is 4.64. The topological polar surface area (TPSA) is 125 Å². The molecule has 25 heavy (non-hydrogen) atoms. The number of benzene rings is 2. The summed E-state index contributed by atoms with van der Waals surface area (Å²) in [6.45, 7) is 1.48. The second-order valence-electron chi connectivity index (χ2n) is 4.92. The molecule has 0 spiro atoms. The molecule has 1 amide bonds. The highest BCUT2D eigenvalue weighted by Crippen LogP contribution is 2.27. The molecule has 0 saturated heterocycles. The molecule has 1 atom stereocenters. The zero-order chi connectivity index (χ0) is 18.6. The van der Waals surface area contributed by atoms with E-state index in [4.69, 9.17) is 16.3 Å². The van der Waals surface area contributed by atoms with Crippen LogP contribution in [0.4, 0.5) is 17.1 Å². The third-order valence-corrected chi connectivity index (χ3v) is 3.46. The fraction of sp³-hybridized carbons (Fsp3) is 0.133. The van der Waals surface area contributed by atoms with Crippen molar-refractivity contribution in [3.63, 3.8) is 0 Å². The molecule has 130 valence electrons. The number of ether oxygens (including phenoxy) is 1. The van der Waals surface area contributed by atoms with Crippen LogP contribution in [0.5, 0.6) is 5.75 Å². The first-order valence-electron chi connectivity index (χ1n) is 6.94. The van der Waals surface area contributed by atoms with Crippen molar-refractivity contribution in [2.45, 2.75) is 13.0 Å². The fourth-order valence-corrected chi connectivity index (χ4v) is 2.08. The van der Waals surface area contributed by atoms with Crippen LogP contribution in [0.2, 0.25) is 5.02 Å². The number of nitro groups is 2. The first-order chi connectivity index (χ1) is 11.8. The van der Waals surface area contributed by atoms with Crippen LogP contribution < -0.4 is 10.1 Å². The molecule has 2 aromatic carbocycles. The van der Waals surface area contributed by atoms with Crippen molar-refractivity contribution in [1.29, 1.82) is 0 Å². The maximum absolute atomic E-state index is 12.1. The molecule has 0 radical (unpaired) electrons. The normalized spacial score (nSPS) is 11.4. The van der Waals surface area contributed by atoms with E-state index < -0.39 is 21.9 Å². The van der Waals surface area contributed by atoms with Gasteiger partial charge < -0.3 is 10.1 Å². The third-order valence-electron chi connectivity index (χ3n) is 3.15. The van der Waals surface area contributed by atoms with E-state index >= 15 is 0 Å². The van der Waals surface area contributed by atoms with Crippen LogP contribution in [-0.2, 0) is 4.79 Å². The Hall–Kier alpha value is -3.20. The number of nitrogens with zero attached hydrogens (tertiary/aromatic N) is 2. The number of rotatable bonds is 6. The zero-order valence-corrected chi connectivity index (χ0v) is 13.6. The second-order valence-corrected chi connectivity index (χ2v) is 5.33. The van der Waals surface area contributed by atoms with Gasteiger partial charge >= 0.3 is 0 Å². The molecular weight excluding hydrogens is 354 g/mol. The summed E-state index contributed by atoms with van der Waals surface area (Å²) >= 11 is 5.91. The van der Waals surface area contributed by atoms with E-state index in [-0.39, 0.29) is 27.8 Å². The van der Waals surface area contributed by atoms with Gasteiger partial charge in [0.05, 0.1) is 20.6 Å². The molecule has 2 aromatic rings. The van der Waals surface area contributed by atoms with E-state index in [1.54, 1.807) is 0 Å². The van der Waals surface area contributed by atoms with E-state index in [1.807, 2.05) is 0 Å². The first-order valence-corrected chi connectivity index (χ1v) is 7.31. The molecule has 0 aliphatic rings. The van der Waals surface area contributed by atoms with E-state index in [2.05, 4.69) is 5.32 Å². The minimum Gasteiger partial charge on any atom is -0.481 e. The van der Waals surface area contributed by atoms with Crippen LogP contribution in [-0.4, -0.2) is 21.9 Å². The molecule has 1 N–H and O–H groups in total. The molecule has 0 aliphatic carbocycles. The van der Waals surface area contributed by atoms with Crippen molar-refractivity contribution in [2.75, 3.05) is 5.32 Å². The largest absolute Gasteiger partial charge is 0.481 e.